The van der Waals surface area contributed by atoms with Crippen molar-refractivity contribution < 1.29 is 9.59 Å². The molecule has 0 aliphatic carbocycles. The van der Waals surface area contributed by atoms with Crippen LogP contribution in [0.1, 0.15) is 52.0 Å². The summed E-state index contributed by atoms with van der Waals surface area (Å²) in [5.41, 5.74) is 0.782. The highest BCUT2D eigenvalue weighted by molar-refractivity contribution is 5.99. The van der Waals surface area contributed by atoms with Gasteiger partial charge in [-0.2, -0.15) is 0 Å². The smallest absolute Gasteiger partial charge is 0.263 e. The summed E-state index contributed by atoms with van der Waals surface area (Å²) in [6, 6.07) is 10.9. The van der Waals surface area contributed by atoms with Gasteiger partial charge in [-0.25, -0.2) is 0 Å². The highest BCUT2D eigenvalue weighted by atomic mass is 16.2. The topological polar surface area (TPSA) is 92.2 Å². The number of benzene rings is 1. The number of nitrogens with zero attached hydrogens (tertiary/aromatic N) is 1. The number of piperidine rings is 1. The number of nitrogens with one attached hydrogen (secondary N) is 3. The van der Waals surface area contributed by atoms with E-state index in [0.29, 0.717) is 18.7 Å². The van der Waals surface area contributed by atoms with Gasteiger partial charge >= 0.3 is 0 Å². The van der Waals surface area contributed by atoms with Crippen molar-refractivity contribution in [3.8, 4) is 0 Å². The minimum Gasteiger partial charge on any atom is -0.355 e. The SMILES string of the molecule is CNC(=O)c1cc(C(=O)NCCCC2CCNCC2)cn(Cc2ccccc2)c1=O. The molecule has 1 fully saturated rings. The molecule has 2 heterocycles. The average Bonchev–Trinajstić information content (AvgIpc) is 2.78. The van der Waals surface area contributed by atoms with Crippen LogP contribution in [0.4, 0.5) is 0 Å². The Balaban J connectivity index is 1.70. The van der Waals surface area contributed by atoms with Crippen molar-refractivity contribution >= 4 is 11.8 Å². The van der Waals surface area contributed by atoms with E-state index < -0.39 is 11.5 Å². The van der Waals surface area contributed by atoms with Crippen molar-refractivity contribution in [2.45, 2.75) is 32.2 Å². The highest BCUT2D eigenvalue weighted by Gasteiger charge is 2.17. The fraction of sp³-hybridized carbons (Fsp3) is 0.435. The normalized spacial score (nSPS) is 14.3. The van der Waals surface area contributed by atoms with Gasteiger partial charge < -0.3 is 20.5 Å². The van der Waals surface area contributed by atoms with Gasteiger partial charge in [0.1, 0.15) is 5.56 Å². The largest absolute Gasteiger partial charge is 0.355 e. The van der Waals surface area contributed by atoms with Gasteiger partial charge in [0, 0.05) is 19.8 Å². The third-order valence-corrected chi connectivity index (χ3v) is 5.55. The molecule has 1 aromatic heterocycles. The lowest BCUT2D eigenvalue weighted by Gasteiger charge is -2.22. The van der Waals surface area contributed by atoms with Crippen molar-refractivity contribution in [1.29, 1.82) is 0 Å². The van der Waals surface area contributed by atoms with Crippen molar-refractivity contribution in [2.24, 2.45) is 5.92 Å². The predicted molar refractivity (Wildman–Crippen MR) is 117 cm³/mol. The first-order valence-corrected chi connectivity index (χ1v) is 10.6. The van der Waals surface area contributed by atoms with Crippen molar-refractivity contribution in [3.63, 3.8) is 0 Å². The summed E-state index contributed by atoms with van der Waals surface area (Å²) in [5.74, 6) is -0.0505. The first-order valence-electron chi connectivity index (χ1n) is 10.6. The number of hydrogen-bond donors (Lipinski definition) is 3. The molecule has 2 amide bonds. The lowest BCUT2D eigenvalue weighted by molar-refractivity contribution is 0.0951. The van der Waals surface area contributed by atoms with Crippen LogP contribution in [0.3, 0.4) is 0 Å². The Hall–Kier alpha value is -2.93. The number of aromatic nitrogens is 1. The van der Waals surface area contributed by atoms with Gasteiger partial charge in [-0.15, -0.1) is 0 Å². The third-order valence-electron chi connectivity index (χ3n) is 5.55. The fourth-order valence-corrected chi connectivity index (χ4v) is 3.82. The minimum atomic E-state index is -0.498. The van der Waals surface area contributed by atoms with Crippen LogP contribution in [0.5, 0.6) is 0 Å². The van der Waals surface area contributed by atoms with E-state index in [1.807, 2.05) is 30.3 Å². The van der Waals surface area contributed by atoms with E-state index in [1.165, 1.54) is 36.7 Å². The Labute approximate surface area is 176 Å². The zero-order valence-electron chi connectivity index (χ0n) is 17.4. The highest BCUT2D eigenvalue weighted by Crippen LogP contribution is 2.17. The van der Waals surface area contributed by atoms with Crippen molar-refractivity contribution in [1.82, 2.24) is 20.5 Å². The molecular formula is C23H30N4O3. The van der Waals surface area contributed by atoms with Crippen LogP contribution >= 0.6 is 0 Å². The van der Waals surface area contributed by atoms with Crippen LogP contribution in [0.25, 0.3) is 0 Å². The van der Waals surface area contributed by atoms with Gasteiger partial charge in [0.05, 0.1) is 12.1 Å². The first kappa shape index (κ1) is 21.8. The van der Waals surface area contributed by atoms with Gasteiger partial charge in [-0.1, -0.05) is 30.3 Å². The second-order valence-electron chi connectivity index (χ2n) is 7.73. The van der Waals surface area contributed by atoms with Crippen LogP contribution in [0.2, 0.25) is 0 Å². The quantitative estimate of drug-likeness (QED) is 0.579. The molecule has 3 rings (SSSR count). The first-order chi connectivity index (χ1) is 14.6. The number of hydrogen-bond acceptors (Lipinski definition) is 4. The number of carbonyl (C=O) groups excluding carboxylic acids is 2. The molecule has 0 radical (unpaired) electrons. The molecular weight excluding hydrogens is 380 g/mol. The molecule has 7 heteroatoms. The summed E-state index contributed by atoms with van der Waals surface area (Å²) >= 11 is 0. The Morgan fingerprint density at radius 3 is 2.57 bits per heavy atom. The molecule has 1 aliphatic rings. The van der Waals surface area contributed by atoms with Gasteiger partial charge in [0.25, 0.3) is 17.4 Å². The molecule has 0 saturated carbocycles. The van der Waals surface area contributed by atoms with Crippen LogP contribution < -0.4 is 21.5 Å². The van der Waals surface area contributed by atoms with Gasteiger partial charge in [-0.3, -0.25) is 14.4 Å². The standard InChI is InChI=1S/C23H30N4O3/c1-24-22(29)20-14-19(16-27(23(20)30)15-18-6-3-2-4-7-18)21(28)26-11-5-8-17-9-12-25-13-10-17/h2-4,6-7,14,16-17,25H,5,8-13,15H2,1H3,(H,24,29)(H,26,28). The Morgan fingerprint density at radius 1 is 1.13 bits per heavy atom. The van der Waals surface area contributed by atoms with Crippen LogP contribution in [0, 0.1) is 5.92 Å². The van der Waals surface area contributed by atoms with Gasteiger partial charge in [0.2, 0.25) is 0 Å². The van der Waals surface area contributed by atoms with E-state index in [1.54, 1.807) is 0 Å². The summed E-state index contributed by atoms with van der Waals surface area (Å²) in [6.45, 7) is 3.01. The summed E-state index contributed by atoms with van der Waals surface area (Å²) < 4.78 is 1.42. The third kappa shape index (κ3) is 5.79. The van der Waals surface area contributed by atoms with E-state index in [0.717, 1.165) is 37.4 Å². The van der Waals surface area contributed by atoms with Crippen LogP contribution in [-0.2, 0) is 6.54 Å². The van der Waals surface area contributed by atoms with Gasteiger partial charge in [0.15, 0.2) is 0 Å². The summed E-state index contributed by atoms with van der Waals surface area (Å²) in [6.07, 6.45) is 5.92. The van der Waals surface area contributed by atoms with E-state index >= 15 is 0 Å². The zero-order chi connectivity index (χ0) is 21.3. The Kier molecular flexibility index (Phi) is 7.79. The summed E-state index contributed by atoms with van der Waals surface area (Å²) in [5, 5.41) is 8.77. The average molecular weight is 411 g/mol. The molecule has 0 atom stereocenters. The fourth-order valence-electron chi connectivity index (χ4n) is 3.82. The molecule has 0 spiro atoms. The maximum absolute atomic E-state index is 12.7. The molecule has 0 bridgehead atoms. The van der Waals surface area contributed by atoms with Crippen molar-refractivity contribution in [3.05, 3.63) is 69.6 Å². The predicted octanol–water partition coefficient (Wildman–Crippen LogP) is 1.77. The van der Waals surface area contributed by atoms with E-state index in [4.69, 9.17) is 0 Å². The second kappa shape index (κ2) is 10.7. The molecule has 1 aromatic carbocycles. The monoisotopic (exact) mass is 410 g/mol. The lowest BCUT2D eigenvalue weighted by atomic mass is 9.93. The number of carbonyl (C=O) groups is 2. The van der Waals surface area contributed by atoms with E-state index in [9.17, 15) is 14.4 Å². The number of rotatable bonds is 8. The lowest BCUT2D eigenvalue weighted by Crippen LogP contribution is -2.34. The molecule has 0 unspecified atom stereocenters. The maximum Gasteiger partial charge on any atom is 0.263 e. The van der Waals surface area contributed by atoms with Crippen molar-refractivity contribution in [2.75, 3.05) is 26.7 Å². The molecule has 30 heavy (non-hydrogen) atoms. The second-order valence-corrected chi connectivity index (χ2v) is 7.73. The van der Waals surface area contributed by atoms with Gasteiger partial charge in [-0.05, 0) is 56.3 Å². The Bertz CT molecular complexity index is 918. The van der Waals surface area contributed by atoms with E-state index in [-0.39, 0.29) is 11.5 Å². The molecule has 160 valence electrons. The minimum absolute atomic E-state index is 0.0317. The molecule has 1 aliphatic heterocycles. The summed E-state index contributed by atoms with van der Waals surface area (Å²) in [7, 11) is 1.47. The zero-order valence-corrected chi connectivity index (χ0v) is 17.4. The molecule has 1 saturated heterocycles. The Morgan fingerprint density at radius 2 is 1.87 bits per heavy atom. The number of amides is 2. The maximum atomic E-state index is 12.7. The molecule has 3 N–H and O–H groups in total. The number of pyridine rings is 1. The van der Waals surface area contributed by atoms with Crippen LogP contribution in [-0.4, -0.2) is 43.1 Å². The summed E-state index contributed by atoms with van der Waals surface area (Å²) in [4.78, 5) is 37.6. The van der Waals surface area contributed by atoms with Crippen LogP contribution in [0.15, 0.2) is 47.4 Å². The molecule has 7 nitrogen and oxygen atoms in total. The van der Waals surface area contributed by atoms with E-state index in [2.05, 4.69) is 16.0 Å². The molecule has 2 aromatic rings.